The second-order valence-corrected chi connectivity index (χ2v) is 4.94. The van der Waals surface area contributed by atoms with Crippen LogP contribution in [0.5, 0.6) is 0 Å². The van der Waals surface area contributed by atoms with Gasteiger partial charge in [-0.2, -0.15) is 4.57 Å². The number of pyridine rings is 1. The maximum Gasteiger partial charge on any atom is 0.326 e. The molecular formula is C13H16N3O4+. The summed E-state index contributed by atoms with van der Waals surface area (Å²) in [7, 11) is 0. The predicted molar refractivity (Wildman–Crippen MR) is 67.5 cm³/mol. The van der Waals surface area contributed by atoms with Crippen molar-refractivity contribution in [1.29, 1.82) is 0 Å². The molecule has 0 aliphatic carbocycles. The van der Waals surface area contributed by atoms with E-state index in [0.29, 0.717) is 0 Å². The van der Waals surface area contributed by atoms with Crippen LogP contribution in [-0.4, -0.2) is 34.3 Å². The van der Waals surface area contributed by atoms with Crippen LogP contribution in [0.1, 0.15) is 19.4 Å². The first-order valence-corrected chi connectivity index (χ1v) is 6.15. The SMILES string of the molecule is CC(=O)C([n+]1ccccc1)C1(N)CC(C(=O)O)NC1=O. The number of carbonyl (C=O) groups is 3. The quantitative estimate of drug-likeness (QED) is 0.597. The average molecular weight is 278 g/mol. The minimum absolute atomic E-state index is 0.132. The molecule has 2 rings (SSSR count). The van der Waals surface area contributed by atoms with Gasteiger partial charge < -0.3 is 16.2 Å². The van der Waals surface area contributed by atoms with Crippen molar-refractivity contribution in [1.82, 2.24) is 5.32 Å². The summed E-state index contributed by atoms with van der Waals surface area (Å²) >= 11 is 0. The molecular weight excluding hydrogens is 262 g/mol. The molecule has 0 aromatic carbocycles. The van der Waals surface area contributed by atoms with E-state index in [9.17, 15) is 14.4 Å². The number of aromatic nitrogens is 1. The highest BCUT2D eigenvalue weighted by Gasteiger charge is 2.57. The minimum Gasteiger partial charge on any atom is -0.480 e. The molecule has 1 aliphatic heterocycles. The van der Waals surface area contributed by atoms with Crippen LogP contribution in [0, 0.1) is 0 Å². The van der Waals surface area contributed by atoms with E-state index >= 15 is 0 Å². The lowest BCUT2D eigenvalue weighted by Gasteiger charge is -2.24. The van der Waals surface area contributed by atoms with E-state index in [1.807, 2.05) is 0 Å². The second kappa shape index (κ2) is 5.01. The molecule has 2 heterocycles. The molecule has 0 spiro atoms. The van der Waals surface area contributed by atoms with Crippen LogP contribution in [0.25, 0.3) is 0 Å². The van der Waals surface area contributed by atoms with Crippen molar-refractivity contribution in [3.63, 3.8) is 0 Å². The molecule has 20 heavy (non-hydrogen) atoms. The Labute approximate surface area is 115 Å². The number of carboxylic acids is 1. The van der Waals surface area contributed by atoms with Crippen LogP contribution < -0.4 is 15.6 Å². The van der Waals surface area contributed by atoms with Crippen molar-refractivity contribution in [3.8, 4) is 0 Å². The van der Waals surface area contributed by atoms with Gasteiger partial charge in [-0.15, -0.1) is 0 Å². The van der Waals surface area contributed by atoms with E-state index in [-0.39, 0.29) is 12.2 Å². The molecule has 1 aromatic heterocycles. The summed E-state index contributed by atoms with van der Waals surface area (Å²) in [6.07, 6.45) is 3.12. The Morgan fingerprint density at radius 3 is 2.50 bits per heavy atom. The maximum atomic E-state index is 12.1. The highest BCUT2D eigenvalue weighted by Crippen LogP contribution is 2.27. The number of nitrogens with two attached hydrogens (primary N) is 1. The Hall–Kier alpha value is -2.28. The number of nitrogens with one attached hydrogen (secondary N) is 1. The van der Waals surface area contributed by atoms with Gasteiger partial charge in [0.25, 0.3) is 0 Å². The number of nitrogens with zero attached hydrogens (tertiary/aromatic N) is 1. The number of carbonyl (C=O) groups excluding carboxylic acids is 2. The normalized spacial score (nSPS) is 26.9. The van der Waals surface area contributed by atoms with Crippen LogP contribution in [-0.2, 0) is 14.4 Å². The minimum atomic E-state index is -1.57. The number of amides is 1. The molecule has 3 atom stereocenters. The van der Waals surface area contributed by atoms with Gasteiger partial charge in [-0.05, 0) is 0 Å². The van der Waals surface area contributed by atoms with Crippen molar-refractivity contribution < 1.29 is 24.1 Å². The summed E-state index contributed by atoms with van der Waals surface area (Å²) in [6, 6.07) is 3.18. The topological polar surface area (TPSA) is 113 Å². The monoisotopic (exact) mass is 278 g/mol. The van der Waals surface area contributed by atoms with Gasteiger partial charge in [-0.3, -0.25) is 9.59 Å². The number of Topliss-reactive ketones (excluding diaryl/α,β-unsaturated/α-hetero) is 1. The third kappa shape index (κ3) is 2.27. The summed E-state index contributed by atoms with van der Waals surface area (Å²) in [5, 5.41) is 11.3. The highest BCUT2D eigenvalue weighted by atomic mass is 16.4. The molecule has 0 bridgehead atoms. The standard InChI is InChI=1S/C13H15N3O4/c1-8(17)10(16-5-3-2-4-6-16)13(14)7-9(11(18)19)15-12(13)20/h2-6,9-10H,7,14H2,1H3,(H-,15,18,19,20)/p+1. The van der Waals surface area contributed by atoms with Crippen LogP contribution in [0.4, 0.5) is 0 Å². The fourth-order valence-corrected chi connectivity index (χ4v) is 2.58. The Morgan fingerprint density at radius 2 is 2.05 bits per heavy atom. The lowest BCUT2D eigenvalue weighted by Crippen LogP contribution is -2.64. The van der Waals surface area contributed by atoms with Crippen LogP contribution in [0.2, 0.25) is 0 Å². The zero-order valence-corrected chi connectivity index (χ0v) is 10.9. The fourth-order valence-electron chi connectivity index (χ4n) is 2.58. The first-order chi connectivity index (χ1) is 9.36. The molecule has 1 aromatic rings. The van der Waals surface area contributed by atoms with E-state index in [2.05, 4.69) is 5.32 Å². The molecule has 106 valence electrons. The maximum absolute atomic E-state index is 12.1. The third-order valence-electron chi connectivity index (χ3n) is 3.48. The van der Waals surface area contributed by atoms with E-state index in [1.54, 1.807) is 30.6 Å². The zero-order valence-electron chi connectivity index (χ0n) is 10.9. The summed E-state index contributed by atoms with van der Waals surface area (Å²) in [5.74, 6) is -2.09. The van der Waals surface area contributed by atoms with Crippen molar-refractivity contribution >= 4 is 17.7 Å². The molecule has 1 aliphatic rings. The fraction of sp³-hybridized carbons (Fsp3) is 0.385. The largest absolute Gasteiger partial charge is 0.480 e. The predicted octanol–water partition coefficient (Wildman–Crippen LogP) is -1.23. The molecule has 7 nitrogen and oxygen atoms in total. The van der Waals surface area contributed by atoms with Crippen LogP contribution in [0.3, 0.4) is 0 Å². The lowest BCUT2D eigenvalue weighted by atomic mass is 9.85. The average Bonchev–Trinajstić information content (AvgIpc) is 2.67. The van der Waals surface area contributed by atoms with Gasteiger partial charge in [0, 0.05) is 25.5 Å². The Morgan fingerprint density at radius 1 is 1.45 bits per heavy atom. The number of ketones is 1. The van der Waals surface area contributed by atoms with Gasteiger partial charge in [0.15, 0.2) is 23.7 Å². The summed E-state index contributed by atoms with van der Waals surface area (Å²) < 4.78 is 1.53. The van der Waals surface area contributed by atoms with Crippen molar-refractivity contribution in [2.24, 2.45) is 5.73 Å². The summed E-state index contributed by atoms with van der Waals surface area (Å²) in [5.41, 5.74) is 4.52. The van der Waals surface area contributed by atoms with Gasteiger partial charge in [0.2, 0.25) is 11.9 Å². The molecule has 0 radical (unpaired) electrons. The highest BCUT2D eigenvalue weighted by molar-refractivity contribution is 5.98. The van der Waals surface area contributed by atoms with Gasteiger partial charge >= 0.3 is 5.97 Å². The van der Waals surface area contributed by atoms with Crippen LogP contribution in [0.15, 0.2) is 30.6 Å². The Kier molecular flexibility index (Phi) is 3.54. The van der Waals surface area contributed by atoms with Gasteiger partial charge in [-0.25, -0.2) is 4.79 Å². The lowest BCUT2D eigenvalue weighted by molar-refractivity contribution is -0.714. The van der Waals surface area contributed by atoms with Crippen molar-refractivity contribution in [3.05, 3.63) is 30.6 Å². The number of rotatable bonds is 4. The molecule has 7 heteroatoms. The third-order valence-corrected chi connectivity index (χ3v) is 3.48. The molecule has 1 fully saturated rings. The van der Waals surface area contributed by atoms with Crippen molar-refractivity contribution in [2.75, 3.05) is 0 Å². The van der Waals surface area contributed by atoms with Gasteiger partial charge in [0.05, 0.1) is 0 Å². The molecule has 4 N–H and O–H groups in total. The zero-order chi connectivity index (χ0) is 14.9. The number of hydrogen-bond acceptors (Lipinski definition) is 4. The van der Waals surface area contributed by atoms with Gasteiger partial charge in [-0.1, -0.05) is 6.07 Å². The number of carboxylic acid groups (broad SMARTS) is 1. The molecule has 1 amide bonds. The number of aliphatic carboxylic acids is 1. The number of hydrogen-bond donors (Lipinski definition) is 3. The van der Waals surface area contributed by atoms with E-state index in [4.69, 9.17) is 10.8 Å². The smallest absolute Gasteiger partial charge is 0.326 e. The summed E-state index contributed by atoms with van der Waals surface area (Å²) in [6.45, 7) is 1.33. The van der Waals surface area contributed by atoms with Gasteiger partial charge in [0.1, 0.15) is 6.04 Å². The Balaban J connectivity index is 2.42. The first-order valence-electron chi connectivity index (χ1n) is 6.15. The van der Waals surface area contributed by atoms with E-state index in [0.717, 1.165) is 0 Å². The molecule has 0 saturated carbocycles. The first kappa shape index (κ1) is 14.1. The van der Waals surface area contributed by atoms with Crippen LogP contribution >= 0.6 is 0 Å². The molecule has 3 unspecified atom stereocenters. The van der Waals surface area contributed by atoms with E-state index < -0.39 is 29.5 Å². The molecule has 1 saturated heterocycles. The Bertz CT molecular complexity index is 560. The summed E-state index contributed by atoms with van der Waals surface area (Å²) in [4.78, 5) is 35.0. The van der Waals surface area contributed by atoms with E-state index in [1.165, 1.54) is 11.5 Å². The second-order valence-electron chi connectivity index (χ2n) is 4.94. The van der Waals surface area contributed by atoms with Crippen molar-refractivity contribution in [2.45, 2.75) is 31.0 Å².